The monoisotopic (exact) mass is 252 g/mol. The number of aryl methyl sites for hydroxylation is 1. The lowest BCUT2D eigenvalue weighted by Gasteiger charge is -2.14. The molecule has 100 valence electrons. The molecule has 1 rings (SSSR count). The quantitative estimate of drug-likeness (QED) is 0.754. The molecule has 0 radical (unpaired) electrons. The predicted molar refractivity (Wildman–Crippen MR) is 69.2 cm³/mol. The van der Waals surface area contributed by atoms with E-state index >= 15 is 0 Å². The third kappa shape index (κ3) is 4.47. The van der Waals surface area contributed by atoms with E-state index in [0.29, 0.717) is 17.9 Å². The van der Waals surface area contributed by atoms with Crippen LogP contribution in [0.1, 0.15) is 29.8 Å². The lowest BCUT2D eigenvalue weighted by atomic mass is 10.1. The summed E-state index contributed by atoms with van der Waals surface area (Å²) in [5, 5.41) is 9.57. The second-order valence-electron chi connectivity index (χ2n) is 4.16. The minimum Gasteiger partial charge on any atom is -0.491 e. The Hall–Kier alpha value is -1.39. The maximum absolute atomic E-state index is 11.2. The number of aliphatic hydroxyl groups is 1. The van der Waals surface area contributed by atoms with Crippen LogP contribution in [0.25, 0.3) is 0 Å². The van der Waals surface area contributed by atoms with E-state index in [2.05, 4.69) is 0 Å². The fourth-order valence-corrected chi connectivity index (χ4v) is 1.52. The third-order valence-electron chi connectivity index (χ3n) is 2.53. The van der Waals surface area contributed by atoms with E-state index in [9.17, 15) is 9.90 Å². The second-order valence-corrected chi connectivity index (χ2v) is 4.16. The highest BCUT2D eigenvalue weighted by Crippen LogP contribution is 2.19. The summed E-state index contributed by atoms with van der Waals surface area (Å²) in [5.41, 5.74) is 1.54. The smallest absolute Gasteiger partial charge is 0.159 e. The molecule has 1 unspecified atom stereocenters. The van der Waals surface area contributed by atoms with Gasteiger partial charge < -0.3 is 14.6 Å². The van der Waals surface area contributed by atoms with Crippen LogP contribution in [-0.2, 0) is 4.74 Å². The number of ether oxygens (including phenoxy) is 2. The Morgan fingerprint density at radius 3 is 2.67 bits per heavy atom. The van der Waals surface area contributed by atoms with Gasteiger partial charge in [-0.2, -0.15) is 0 Å². The molecule has 0 saturated carbocycles. The van der Waals surface area contributed by atoms with E-state index < -0.39 is 6.10 Å². The van der Waals surface area contributed by atoms with Crippen LogP contribution in [0.2, 0.25) is 0 Å². The molecule has 4 nitrogen and oxygen atoms in total. The second kappa shape index (κ2) is 7.13. The maximum Gasteiger partial charge on any atom is 0.159 e. The molecular formula is C14H20O4. The first-order valence-electron chi connectivity index (χ1n) is 6.04. The summed E-state index contributed by atoms with van der Waals surface area (Å²) >= 11 is 0. The Kier molecular flexibility index (Phi) is 5.82. The summed E-state index contributed by atoms with van der Waals surface area (Å²) < 4.78 is 10.6. The van der Waals surface area contributed by atoms with E-state index in [4.69, 9.17) is 9.47 Å². The van der Waals surface area contributed by atoms with Crippen molar-refractivity contribution in [3.05, 3.63) is 29.3 Å². The van der Waals surface area contributed by atoms with Gasteiger partial charge in [-0.3, -0.25) is 4.79 Å². The largest absolute Gasteiger partial charge is 0.491 e. The van der Waals surface area contributed by atoms with Crippen LogP contribution < -0.4 is 4.74 Å². The number of ketones is 1. The van der Waals surface area contributed by atoms with Crippen LogP contribution in [-0.4, -0.2) is 36.8 Å². The first-order valence-corrected chi connectivity index (χ1v) is 6.04. The summed E-state index contributed by atoms with van der Waals surface area (Å²) in [6, 6.07) is 5.26. The summed E-state index contributed by atoms with van der Waals surface area (Å²) in [4.78, 5) is 11.2. The Bertz CT molecular complexity index is 401. The van der Waals surface area contributed by atoms with Crippen LogP contribution in [0.3, 0.4) is 0 Å². The van der Waals surface area contributed by atoms with Gasteiger partial charge in [-0.1, -0.05) is 0 Å². The van der Waals surface area contributed by atoms with Gasteiger partial charge in [0.05, 0.1) is 6.61 Å². The molecule has 0 aliphatic heterocycles. The zero-order valence-corrected chi connectivity index (χ0v) is 11.1. The highest BCUT2D eigenvalue weighted by Gasteiger charge is 2.08. The van der Waals surface area contributed by atoms with Gasteiger partial charge in [0.1, 0.15) is 18.5 Å². The normalized spacial score (nSPS) is 12.2. The highest BCUT2D eigenvalue weighted by molar-refractivity contribution is 5.94. The molecule has 0 bridgehead atoms. The van der Waals surface area contributed by atoms with Crippen LogP contribution in [0.4, 0.5) is 0 Å². The molecule has 1 aromatic carbocycles. The molecular weight excluding hydrogens is 232 g/mol. The van der Waals surface area contributed by atoms with Crippen LogP contribution in [0, 0.1) is 6.92 Å². The van der Waals surface area contributed by atoms with Crippen LogP contribution >= 0.6 is 0 Å². The third-order valence-corrected chi connectivity index (χ3v) is 2.53. The van der Waals surface area contributed by atoms with Crippen molar-refractivity contribution in [3.8, 4) is 5.75 Å². The van der Waals surface area contributed by atoms with E-state index in [-0.39, 0.29) is 19.0 Å². The summed E-state index contributed by atoms with van der Waals surface area (Å²) in [5.74, 6) is 0.705. The molecule has 0 fully saturated rings. The SMILES string of the molecule is CCOCC(O)COc1ccc(C(C)=O)cc1C. The maximum atomic E-state index is 11.2. The van der Waals surface area contributed by atoms with Gasteiger partial charge in [-0.05, 0) is 44.5 Å². The topological polar surface area (TPSA) is 55.8 Å². The van der Waals surface area contributed by atoms with Gasteiger partial charge in [-0.25, -0.2) is 0 Å². The van der Waals surface area contributed by atoms with E-state index in [1.807, 2.05) is 13.8 Å². The van der Waals surface area contributed by atoms with Crippen molar-refractivity contribution < 1.29 is 19.4 Å². The van der Waals surface area contributed by atoms with Crippen LogP contribution in [0.15, 0.2) is 18.2 Å². The Morgan fingerprint density at radius 2 is 2.11 bits per heavy atom. The molecule has 1 aromatic rings. The number of aliphatic hydroxyl groups excluding tert-OH is 1. The molecule has 0 aliphatic carbocycles. The van der Waals surface area contributed by atoms with Gasteiger partial charge in [0, 0.05) is 12.2 Å². The fourth-order valence-electron chi connectivity index (χ4n) is 1.52. The molecule has 0 spiro atoms. The first kappa shape index (κ1) is 14.7. The van der Waals surface area contributed by atoms with Gasteiger partial charge in [0.15, 0.2) is 5.78 Å². The Balaban J connectivity index is 2.55. The number of rotatable bonds is 7. The van der Waals surface area contributed by atoms with Crippen molar-refractivity contribution in [1.29, 1.82) is 0 Å². The van der Waals surface area contributed by atoms with Crippen LogP contribution in [0.5, 0.6) is 5.75 Å². The van der Waals surface area contributed by atoms with E-state index in [0.717, 1.165) is 5.56 Å². The number of carbonyl (C=O) groups is 1. The van der Waals surface area contributed by atoms with Crippen molar-refractivity contribution in [2.75, 3.05) is 19.8 Å². The lowest BCUT2D eigenvalue weighted by molar-refractivity contribution is 0.0163. The molecule has 1 atom stereocenters. The lowest BCUT2D eigenvalue weighted by Crippen LogP contribution is -2.23. The number of carbonyl (C=O) groups excluding carboxylic acids is 1. The van der Waals surface area contributed by atoms with Gasteiger partial charge in [-0.15, -0.1) is 0 Å². The zero-order chi connectivity index (χ0) is 13.5. The Labute approximate surface area is 108 Å². The van der Waals surface area contributed by atoms with E-state index in [1.165, 1.54) is 6.92 Å². The summed E-state index contributed by atoms with van der Waals surface area (Å²) in [6.45, 7) is 6.29. The minimum atomic E-state index is -0.642. The average molecular weight is 252 g/mol. The zero-order valence-electron chi connectivity index (χ0n) is 11.1. The van der Waals surface area contributed by atoms with Crippen molar-refractivity contribution in [3.63, 3.8) is 0 Å². The van der Waals surface area contributed by atoms with Crippen molar-refractivity contribution >= 4 is 5.78 Å². The predicted octanol–water partition coefficient (Wildman–Crippen LogP) is 1.97. The number of hydrogen-bond acceptors (Lipinski definition) is 4. The van der Waals surface area contributed by atoms with Crippen molar-refractivity contribution in [1.82, 2.24) is 0 Å². The number of Topliss-reactive ketones (excluding diaryl/α,β-unsaturated/α-hetero) is 1. The van der Waals surface area contributed by atoms with Gasteiger partial charge in [0.25, 0.3) is 0 Å². The molecule has 0 heterocycles. The molecule has 0 aromatic heterocycles. The summed E-state index contributed by atoms with van der Waals surface area (Å²) in [6.07, 6.45) is -0.642. The van der Waals surface area contributed by atoms with Crippen molar-refractivity contribution in [2.24, 2.45) is 0 Å². The first-order chi connectivity index (χ1) is 8.54. The fraction of sp³-hybridized carbons (Fsp3) is 0.500. The average Bonchev–Trinajstić information content (AvgIpc) is 2.34. The number of benzene rings is 1. The number of hydrogen-bond donors (Lipinski definition) is 1. The molecule has 0 saturated heterocycles. The van der Waals surface area contributed by atoms with E-state index in [1.54, 1.807) is 18.2 Å². The molecule has 0 amide bonds. The Morgan fingerprint density at radius 1 is 1.39 bits per heavy atom. The van der Waals surface area contributed by atoms with Gasteiger partial charge >= 0.3 is 0 Å². The molecule has 18 heavy (non-hydrogen) atoms. The molecule has 0 aliphatic rings. The highest BCUT2D eigenvalue weighted by atomic mass is 16.5. The standard InChI is InChI=1S/C14H20O4/c1-4-17-8-13(16)9-18-14-6-5-12(11(3)15)7-10(14)2/h5-7,13,16H,4,8-9H2,1-3H3. The molecule has 4 heteroatoms. The van der Waals surface area contributed by atoms with Gasteiger partial charge in [0.2, 0.25) is 0 Å². The minimum absolute atomic E-state index is 0.0287. The summed E-state index contributed by atoms with van der Waals surface area (Å²) in [7, 11) is 0. The molecule has 1 N–H and O–H groups in total. The van der Waals surface area contributed by atoms with Crippen molar-refractivity contribution in [2.45, 2.75) is 26.9 Å².